The Morgan fingerprint density at radius 2 is 1.64 bits per heavy atom. The van der Waals surface area contributed by atoms with E-state index >= 15 is 0 Å². The molecule has 33 heavy (non-hydrogen) atoms. The fourth-order valence-electron chi connectivity index (χ4n) is 3.59. The zero-order valence-corrected chi connectivity index (χ0v) is 20.0. The Morgan fingerprint density at radius 3 is 2.15 bits per heavy atom. The maximum absolute atomic E-state index is 13.7. The number of ether oxygens (including phenoxy) is 2. The van der Waals surface area contributed by atoms with E-state index in [9.17, 15) is 18.3 Å². The minimum absolute atomic E-state index is 0.0766. The molecule has 0 spiro atoms. The van der Waals surface area contributed by atoms with Gasteiger partial charge in [0.1, 0.15) is 23.0 Å². The fourth-order valence-corrected chi connectivity index (χ4v) is 4.22. The van der Waals surface area contributed by atoms with Gasteiger partial charge in [0.2, 0.25) is 5.88 Å². The number of aryl methyl sites for hydroxylation is 1. The van der Waals surface area contributed by atoms with Gasteiger partial charge in [-0.05, 0) is 36.2 Å². The first kappa shape index (κ1) is 24.3. The van der Waals surface area contributed by atoms with Crippen LogP contribution in [0.15, 0.2) is 52.2 Å². The monoisotopic (exact) mass is 472 g/mol. The summed E-state index contributed by atoms with van der Waals surface area (Å²) in [7, 11) is -0.323. The smallest absolute Gasteiger partial charge is 0.265 e. The number of methoxy groups -OCH3 is 2. The topological polar surface area (TPSA) is 108 Å². The van der Waals surface area contributed by atoms with Crippen molar-refractivity contribution in [1.29, 1.82) is 0 Å². The SMILES string of the molecule is CCCCc1nc(O)c(Cc2ccc(S(C)(=O)=O)cc2)c(=O)n1-c1c(OC)cccc1OC. The minimum Gasteiger partial charge on any atom is -0.494 e. The second kappa shape index (κ2) is 10.1. The molecule has 176 valence electrons. The van der Waals surface area contributed by atoms with E-state index < -0.39 is 15.4 Å². The number of para-hydroxylation sites is 1. The van der Waals surface area contributed by atoms with E-state index in [4.69, 9.17) is 9.47 Å². The maximum atomic E-state index is 13.7. The lowest BCUT2D eigenvalue weighted by Crippen LogP contribution is -2.28. The molecule has 3 rings (SSSR count). The van der Waals surface area contributed by atoms with Crippen molar-refractivity contribution in [2.24, 2.45) is 0 Å². The molecule has 3 aromatic rings. The lowest BCUT2D eigenvalue weighted by molar-refractivity contribution is 0.387. The van der Waals surface area contributed by atoms with Gasteiger partial charge in [-0.1, -0.05) is 31.5 Å². The van der Waals surface area contributed by atoms with Crippen molar-refractivity contribution >= 4 is 9.84 Å². The van der Waals surface area contributed by atoms with Gasteiger partial charge >= 0.3 is 0 Å². The Labute approximate surface area is 193 Å². The average molecular weight is 473 g/mol. The van der Waals surface area contributed by atoms with Crippen LogP contribution in [0.1, 0.15) is 36.7 Å². The first-order chi connectivity index (χ1) is 15.7. The molecule has 8 nitrogen and oxygen atoms in total. The number of rotatable bonds is 9. The van der Waals surface area contributed by atoms with E-state index in [0.29, 0.717) is 35.0 Å². The van der Waals surface area contributed by atoms with Crippen molar-refractivity contribution in [3.8, 4) is 23.1 Å². The molecular formula is C24H28N2O6S. The van der Waals surface area contributed by atoms with E-state index in [-0.39, 0.29) is 22.8 Å². The van der Waals surface area contributed by atoms with Gasteiger partial charge in [-0.15, -0.1) is 0 Å². The molecule has 0 aliphatic heterocycles. The molecule has 9 heteroatoms. The van der Waals surface area contributed by atoms with Crippen molar-refractivity contribution < 1.29 is 23.0 Å². The highest BCUT2D eigenvalue weighted by Crippen LogP contribution is 2.33. The largest absolute Gasteiger partial charge is 0.494 e. The van der Waals surface area contributed by atoms with Gasteiger partial charge in [0.05, 0.1) is 24.7 Å². The molecule has 1 heterocycles. The van der Waals surface area contributed by atoms with Crippen LogP contribution in [0, 0.1) is 0 Å². The summed E-state index contributed by atoms with van der Waals surface area (Å²) in [5.74, 6) is 0.928. The molecule has 0 aliphatic rings. The number of nitrogens with zero attached hydrogens (tertiary/aromatic N) is 2. The summed E-state index contributed by atoms with van der Waals surface area (Å²) in [6.45, 7) is 2.03. The van der Waals surface area contributed by atoms with Crippen molar-refractivity contribution in [3.63, 3.8) is 0 Å². The van der Waals surface area contributed by atoms with Gasteiger partial charge in [0.15, 0.2) is 9.84 Å². The highest BCUT2D eigenvalue weighted by Gasteiger charge is 2.23. The highest BCUT2D eigenvalue weighted by molar-refractivity contribution is 7.90. The summed E-state index contributed by atoms with van der Waals surface area (Å²) >= 11 is 0. The van der Waals surface area contributed by atoms with Crippen LogP contribution in [0.25, 0.3) is 5.69 Å². The Bertz CT molecular complexity index is 1280. The molecule has 0 amide bonds. The molecular weight excluding hydrogens is 444 g/mol. The summed E-state index contributed by atoms with van der Waals surface area (Å²) in [5.41, 5.74) is 0.732. The zero-order valence-electron chi connectivity index (χ0n) is 19.2. The van der Waals surface area contributed by atoms with Crippen molar-refractivity contribution in [2.45, 2.75) is 37.5 Å². The van der Waals surface area contributed by atoms with E-state index in [1.165, 1.54) is 30.9 Å². The molecule has 1 aromatic heterocycles. The molecule has 0 unspecified atom stereocenters. The number of sulfone groups is 1. The van der Waals surface area contributed by atoms with Crippen LogP contribution in [-0.2, 0) is 22.7 Å². The second-order valence-corrected chi connectivity index (χ2v) is 9.69. The van der Waals surface area contributed by atoms with Crippen LogP contribution in [0.5, 0.6) is 17.4 Å². The molecule has 0 aliphatic carbocycles. The van der Waals surface area contributed by atoms with Crippen molar-refractivity contribution in [2.75, 3.05) is 20.5 Å². The molecule has 1 N–H and O–H groups in total. The first-order valence-electron chi connectivity index (χ1n) is 10.5. The number of aromatic nitrogens is 2. The van der Waals surface area contributed by atoms with E-state index in [1.54, 1.807) is 30.3 Å². The Morgan fingerprint density at radius 1 is 1.03 bits per heavy atom. The number of aromatic hydroxyl groups is 1. The van der Waals surface area contributed by atoms with E-state index in [0.717, 1.165) is 19.1 Å². The van der Waals surface area contributed by atoms with Gasteiger partial charge in [0, 0.05) is 19.1 Å². The molecule has 0 bridgehead atoms. The third-order valence-corrected chi connectivity index (χ3v) is 6.46. The standard InChI is InChI=1S/C24H28N2O6S/c1-5-6-10-21-25-23(27)18(15-16-11-13-17(14-12-16)33(4,29)30)24(28)26(21)22-19(31-2)8-7-9-20(22)32-3/h7-9,11-14,27H,5-6,10,15H2,1-4H3. The predicted molar refractivity (Wildman–Crippen MR) is 126 cm³/mol. The Kier molecular flexibility index (Phi) is 7.43. The highest BCUT2D eigenvalue weighted by atomic mass is 32.2. The van der Waals surface area contributed by atoms with E-state index in [1.807, 2.05) is 6.92 Å². The molecule has 0 radical (unpaired) electrons. The summed E-state index contributed by atoms with van der Waals surface area (Å²) in [4.78, 5) is 18.2. The maximum Gasteiger partial charge on any atom is 0.265 e. The normalized spacial score (nSPS) is 11.4. The van der Waals surface area contributed by atoms with Crippen LogP contribution in [-0.4, -0.2) is 43.6 Å². The van der Waals surface area contributed by atoms with Gasteiger partial charge in [-0.2, -0.15) is 4.98 Å². The van der Waals surface area contributed by atoms with Crippen LogP contribution in [0.2, 0.25) is 0 Å². The number of hydrogen-bond donors (Lipinski definition) is 1. The van der Waals surface area contributed by atoms with Gasteiger partial charge in [-0.25, -0.2) is 8.42 Å². The van der Waals surface area contributed by atoms with Crippen molar-refractivity contribution in [1.82, 2.24) is 9.55 Å². The second-order valence-electron chi connectivity index (χ2n) is 7.68. The summed E-state index contributed by atoms with van der Waals surface area (Å²) in [6.07, 6.45) is 3.34. The Hall–Kier alpha value is -3.33. The van der Waals surface area contributed by atoms with Crippen LogP contribution in [0.3, 0.4) is 0 Å². The summed E-state index contributed by atoms with van der Waals surface area (Å²) in [5, 5.41) is 10.7. The minimum atomic E-state index is -3.34. The van der Waals surface area contributed by atoms with Crippen LogP contribution in [0.4, 0.5) is 0 Å². The molecule has 0 saturated carbocycles. The zero-order chi connectivity index (χ0) is 24.2. The lowest BCUT2D eigenvalue weighted by Gasteiger charge is -2.19. The van der Waals surface area contributed by atoms with Crippen LogP contribution < -0.4 is 15.0 Å². The number of unbranched alkanes of at least 4 members (excludes halogenated alkanes) is 1. The van der Waals surface area contributed by atoms with Gasteiger partial charge < -0.3 is 14.6 Å². The molecule has 2 aromatic carbocycles. The number of benzene rings is 2. The summed E-state index contributed by atoms with van der Waals surface area (Å²) < 4.78 is 35.9. The quantitative estimate of drug-likeness (QED) is 0.509. The molecule has 0 fully saturated rings. The third kappa shape index (κ3) is 5.19. The Balaban J connectivity index is 2.20. The molecule has 0 atom stereocenters. The van der Waals surface area contributed by atoms with Crippen molar-refractivity contribution in [3.05, 3.63) is 69.8 Å². The van der Waals surface area contributed by atoms with Crippen LogP contribution >= 0.6 is 0 Å². The lowest BCUT2D eigenvalue weighted by atomic mass is 10.1. The molecule has 0 saturated heterocycles. The summed E-state index contributed by atoms with van der Waals surface area (Å²) in [6, 6.07) is 11.4. The fraction of sp³-hybridized carbons (Fsp3) is 0.333. The first-order valence-corrected chi connectivity index (χ1v) is 12.4. The van der Waals surface area contributed by atoms with Gasteiger partial charge in [-0.3, -0.25) is 9.36 Å². The predicted octanol–water partition coefficient (Wildman–Crippen LogP) is 3.29. The average Bonchev–Trinajstić information content (AvgIpc) is 2.79. The number of hydrogen-bond acceptors (Lipinski definition) is 7. The third-order valence-electron chi connectivity index (χ3n) is 5.34. The van der Waals surface area contributed by atoms with E-state index in [2.05, 4.69) is 4.98 Å². The van der Waals surface area contributed by atoms with Gasteiger partial charge in [0.25, 0.3) is 5.56 Å².